The van der Waals surface area contributed by atoms with Gasteiger partial charge in [0.15, 0.2) is 5.58 Å². The molecule has 2 N–H and O–H groups in total. The summed E-state index contributed by atoms with van der Waals surface area (Å²) >= 11 is 0. The lowest BCUT2D eigenvalue weighted by atomic mass is 10.2. The summed E-state index contributed by atoms with van der Waals surface area (Å²) < 4.78 is 10.3. The van der Waals surface area contributed by atoms with Crippen LogP contribution in [0.15, 0.2) is 28.9 Å². The first-order valence-corrected chi connectivity index (χ1v) is 4.07. The van der Waals surface area contributed by atoms with Gasteiger partial charge in [-0.2, -0.15) is 0 Å². The molecule has 0 aliphatic heterocycles. The number of hydrogen-bond acceptors (Lipinski definition) is 4. The van der Waals surface area contributed by atoms with Crippen molar-refractivity contribution in [3.63, 3.8) is 0 Å². The average molecular weight is 178 g/mol. The molecule has 2 rings (SSSR count). The monoisotopic (exact) mass is 178 g/mol. The minimum atomic E-state index is 0.508. The number of hydrogen-bond donors (Lipinski definition) is 1. The number of aromatic nitrogens is 1. The third-order valence-corrected chi connectivity index (χ3v) is 1.71. The molecule has 0 bridgehead atoms. The van der Waals surface area contributed by atoms with Crippen LogP contribution in [0.2, 0.25) is 0 Å². The first-order valence-electron chi connectivity index (χ1n) is 4.07. The Hall–Kier alpha value is -1.55. The zero-order valence-electron chi connectivity index (χ0n) is 7.06. The molecular formula is C9H10N2O2. The van der Waals surface area contributed by atoms with Gasteiger partial charge in [0.25, 0.3) is 0 Å². The van der Waals surface area contributed by atoms with Crippen molar-refractivity contribution in [2.24, 2.45) is 5.73 Å². The van der Waals surface area contributed by atoms with E-state index in [9.17, 15) is 0 Å². The molecule has 1 aromatic heterocycles. The van der Waals surface area contributed by atoms with Crippen LogP contribution < -0.4 is 10.5 Å². The molecule has 1 aromatic carbocycles. The summed E-state index contributed by atoms with van der Waals surface area (Å²) in [7, 11) is 0. The lowest BCUT2D eigenvalue weighted by Gasteiger charge is -2.02. The third-order valence-electron chi connectivity index (χ3n) is 1.71. The lowest BCUT2D eigenvalue weighted by Crippen LogP contribution is -2.10. The predicted molar refractivity (Wildman–Crippen MR) is 48.6 cm³/mol. The summed E-state index contributed by atoms with van der Waals surface area (Å²) in [5.74, 6) is 0.759. The summed E-state index contributed by atoms with van der Waals surface area (Å²) in [5, 5.41) is 4.64. The summed E-state index contributed by atoms with van der Waals surface area (Å²) in [6.07, 6.45) is 1.67. The first kappa shape index (κ1) is 8.07. The maximum absolute atomic E-state index is 5.32. The SMILES string of the molecule is NCCOc1ccc2cnoc2c1. The van der Waals surface area contributed by atoms with Gasteiger partial charge in [0.2, 0.25) is 0 Å². The molecule has 0 radical (unpaired) electrons. The van der Waals surface area contributed by atoms with Crippen molar-refractivity contribution in [3.05, 3.63) is 24.4 Å². The van der Waals surface area contributed by atoms with E-state index < -0.39 is 0 Å². The molecule has 0 unspecified atom stereocenters. The molecule has 4 nitrogen and oxygen atoms in total. The molecule has 0 amide bonds. The Kier molecular flexibility index (Phi) is 2.14. The summed E-state index contributed by atoms with van der Waals surface area (Å²) in [6, 6.07) is 5.57. The number of fused-ring (bicyclic) bond motifs is 1. The second-order valence-electron chi connectivity index (χ2n) is 2.66. The molecule has 0 aliphatic rings. The molecular weight excluding hydrogens is 168 g/mol. The van der Waals surface area contributed by atoms with Crippen LogP contribution in [0, 0.1) is 0 Å². The van der Waals surface area contributed by atoms with Gasteiger partial charge < -0.3 is 15.0 Å². The second-order valence-corrected chi connectivity index (χ2v) is 2.66. The zero-order valence-corrected chi connectivity index (χ0v) is 7.06. The van der Waals surface area contributed by atoms with Crippen molar-refractivity contribution in [3.8, 4) is 5.75 Å². The van der Waals surface area contributed by atoms with E-state index in [1.54, 1.807) is 12.3 Å². The van der Waals surface area contributed by atoms with E-state index in [0.717, 1.165) is 16.7 Å². The van der Waals surface area contributed by atoms with Crippen LogP contribution >= 0.6 is 0 Å². The molecule has 1 heterocycles. The van der Waals surface area contributed by atoms with Crippen molar-refractivity contribution in [2.45, 2.75) is 0 Å². The number of ether oxygens (including phenoxy) is 1. The molecule has 13 heavy (non-hydrogen) atoms. The highest BCUT2D eigenvalue weighted by atomic mass is 16.5. The topological polar surface area (TPSA) is 61.3 Å². The minimum Gasteiger partial charge on any atom is -0.492 e. The predicted octanol–water partition coefficient (Wildman–Crippen LogP) is 1.17. The van der Waals surface area contributed by atoms with Gasteiger partial charge in [-0.05, 0) is 12.1 Å². The second kappa shape index (κ2) is 3.45. The highest BCUT2D eigenvalue weighted by Gasteiger charge is 1.99. The fraction of sp³-hybridized carbons (Fsp3) is 0.222. The number of nitrogens with two attached hydrogens (primary N) is 1. The van der Waals surface area contributed by atoms with Crippen LogP contribution in [0.5, 0.6) is 5.75 Å². The maximum atomic E-state index is 5.32. The van der Waals surface area contributed by atoms with E-state index in [2.05, 4.69) is 5.16 Å². The Balaban J connectivity index is 2.26. The van der Waals surface area contributed by atoms with Gasteiger partial charge in [-0.15, -0.1) is 0 Å². The van der Waals surface area contributed by atoms with Gasteiger partial charge in [-0.25, -0.2) is 0 Å². The van der Waals surface area contributed by atoms with Crippen LogP contribution in [0.1, 0.15) is 0 Å². The number of nitrogens with zero attached hydrogens (tertiary/aromatic N) is 1. The van der Waals surface area contributed by atoms with Gasteiger partial charge in [0.1, 0.15) is 12.4 Å². The Morgan fingerprint density at radius 1 is 1.46 bits per heavy atom. The fourth-order valence-corrected chi connectivity index (χ4v) is 1.11. The maximum Gasteiger partial charge on any atom is 0.170 e. The first-order chi connectivity index (χ1) is 6.40. The Morgan fingerprint density at radius 2 is 2.38 bits per heavy atom. The molecule has 68 valence electrons. The molecule has 0 aliphatic carbocycles. The molecule has 0 saturated heterocycles. The normalized spacial score (nSPS) is 10.5. The lowest BCUT2D eigenvalue weighted by molar-refractivity contribution is 0.328. The Bertz CT molecular complexity index is 397. The number of rotatable bonds is 3. The smallest absolute Gasteiger partial charge is 0.170 e. The van der Waals surface area contributed by atoms with Gasteiger partial charge in [0.05, 0.1) is 6.20 Å². The molecule has 0 saturated carbocycles. The van der Waals surface area contributed by atoms with Crippen molar-refractivity contribution in [2.75, 3.05) is 13.2 Å². The minimum absolute atomic E-state index is 0.508. The molecule has 0 fully saturated rings. The summed E-state index contributed by atoms with van der Waals surface area (Å²) in [4.78, 5) is 0. The highest BCUT2D eigenvalue weighted by molar-refractivity contribution is 5.77. The van der Waals surface area contributed by atoms with Gasteiger partial charge in [-0.3, -0.25) is 0 Å². The van der Waals surface area contributed by atoms with Crippen LogP contribution in [0.3, 0.4) is 0 Å². The van der Waals surface area contributed by atoms with Crippen molar-refractivity contribution in [1.29, 1.82) is 0 Å². The molecule has 4 heteroatoms. The fourth-order valence-electron chi connectivity index (χ4n) is 1.11. The van der Waals surface area contributed by atoms with Gasteiger partial charge >= 0.3 is 0 Å². The molecule has 0 atom stereocenters. The number of benzene rings is 1. The van der Waals surface area contributed by atoms with Gasteiger partial charge in [0, 0.05) is 18.0 Å². The van der Waals surface area contributed by atoms with E-state index in [1.165, 1.54) is 0 Å². The summed E-state index contributed by atoms with van der Waals surface area (Å²) in [6.45, 7) is 1.02. The highest BCUT2D eigenvalue weighted by Crippen LogP contribution is 2.19. The quantitative estimate of drug-likeness (QED) is 0.766. The van der Waals surface area contributed by atoms with Crippen LogP contribution in [-0.4, -0.2) is 18.3 Å². The standard InChI is InChI=1S/C9H10N2O2/c10-3-4-12-8-2-1-7-6-11-13-9(7)5-8/h1-2,5-6H,3-4,10H2. The van der Waals surface area contributed by atoms with Crippen LogP contribution in [0.4, 0.5) is 0 Å². The van der Waals surface area contributed by atoms with Gasteiger partial charge in [-0.1, -0.05) is 5.16 Å². The molecule has 2 aromatic rings. The van der Waals surface area contributed by atoms with Crippen molar-refractivity contribution in [1.82, 2.24) is 5.16 Å². The van der Waals surface area contributed by atoms with E-state index in [0.29, 0.717) is 13.2 Å². The van der Waals surface area contributed by atoms with E-state index in [-0.39, 0.29) is 0 Å². The molecule has 0 spiro atoms. The zero-order chi connectivity index (χ0) is 9.10. The van der Waals surface area contributed by atoms with E-state index >= 15 is 0 Å². The summed E-state index contributed by atoms with van der Waals surface area (Å²) in [5.41, 5.74) is 6.04. The largest absolute Gasteiger partial charge is 0.492 e. The van der Waals surface area contributed by atoms with Crippen molar-refractivity contribution < 1.29 is 9.26 Å². The average Bonchev–Trinajstić information content (AvgIpc) is 2.61. The van der Waals surface area contributed by atoms with Crippen LogP contribution in [0.25, 0.3) is 11.0 Å². The van der Waals surface area contributed by atoms with E-state index in [1.807, 2.05) is 12.1 Å². The Labute approximate surface area is 75.3 Å². The van der Waals surface area contributed by atoms with Crippen LogP contribution in [-0.2, 0) is 0 Å². The van der Waals surface area contributed by atoms with Crippen molar-refractivity contribution >= 4 is 11.0 Å². The third kappa shape index (κ3) is 1.62. The Morgan fingerprint density at radius 3 is 3.23 bits per heavy atom. The van der Waals surface area contributed by atoms with E-state index in [4.69, 9.17) is 15.0 Å².